The molecule has 3 atom stereocenters. The van der Waals surface area contributed by atoms with Gasteiger partial charge in [-0.2, -0.15) is 0 Å². The first-order chi connectivity index (χ1) is 19.3. The first-order valence-corrected chi connectivity index (χ1v) is 14.4. The lowest BCUT2D eigenvalue weighted by Crippen LogP contribution is -2.52. The summed E-state index contributed by atoms with van der Waals surface area (Å²) >= 11 is 3.57. The first kappa shape index (κ1) is 28.3. The van der Waals surface area contributed by atoms with Crippen molar-refractivity contribution in [3.63, 3.8) is 0 Å². The second-order valence-corrected chi connectivity index (χ2v) is 11.4. The molecule has 3 aromatic rings. The molecule has 1 aromatic heterocycles. The number of aromatic nitrogens is 3. The molecule has 11 heteroatoms. The van der Waals surface area contributed by atoms with E-state index in [1.807, 2.05) is 42.5 Å². The minimum Gasteiger partial charge on any atom is -0.487 e. The van der Waals surface area contributed by atoms with Gasteiger partial charge in [0.2, 0.25) is 5.91 Å². The maximum Gasteiger partial charge on any atom is 0.360 e. The van der Waals surface area contributed by atoms with Crippen molar-refractivity contribution in [1.29, 1.82) is 0 Å². The lowest BCUT2D eigenvalue weighted by atomic mass is 9.73. The molecule has 0 radical (unpaired) electrons. The average molecular weight is 613 g/mol. The number of fused-ring (bicyclic) bond motifs is 1. The summed E-state index contributed by atoms with van der Waals surface area (Å²) in [7, 11) is 0. The van der Waals surface area contributed by atoms with Crippen molar-refractivity contribution in [3.05, 3.63) is 76.0 Å². The van der Waals surface area contributed by atoms with Crippen molar-refractivity contribution in [3.8, 4) is 5.75 Å². The molecular weight excluding hydrogens is 578 g/mol. The number of esters is 1. The lowest BCUT2D eigenvalue weighted by molar-refractivity contribution is -0.123. The molecule has 0 saturated heterocycles. The molecule has 1 aliphatic carbocycles. The fraction of sp³-hybridized carbons (Fsp3) is 0.448. The van der Waals surface area contributed by atoms with Crippen LogP contribution in [-0.2, 0) is 22.5 Å². The lowest BCUT2D eigenvalue weighted by Gasteiger charge is -2.48. The average Bonchev–Trinajstić information content (AvgIpc) is 3.39. The zero-order chi connectivity index (χ0) is 28.1. The summed E-state index contributed by atoms with van der Waals surface area (Å²) in [6.45, 7) is 2.05. The molecule has 2 aromatic carbocycles. The fourth-order valence-corrected chi connectivity index (χ4v) is 5.71. The molecule has 40 heavy (non-hydrogen) atoms. The molecule has 0 bridgehead atoms. The number of carbonyl (C=O) groups excluding carboxylic acids is 2. The molecule has 0 unspecified atom stereocenters. The molecular formula is C29H34BrN5O5. The van der Waals surface area contributed by atoms with Crippen LogP contribution in [0.25, 0.3) is 0 Å². The highest BCUT2D eigenvalue weighted by Gasteiger charge is 2.45. The normalized spacial score (nSPS) is 18.6. The molecule has 1 aliphatic heterocycles. The Hall–Kier alpha value is -3.28. The van der Waals surface area contributed by atoms with Crippen LogP contribution in [0, 0.1) is 0 Å². The molecule has 1 saturated carbocycles. The Morgan fingerprint density at radius 1 is 1.25 bits per heavy atom. The number of aliphatic hydroxyl groups excluding tert-OH is 1. The number of hydrogen-bond donors (Lipinski definition) is 3. The highest BCUT2D eigenvalue weighted by atomic mass is 79.9. The third-order valence-electron chi connectivity index (χ3n) is 7.53. The molecule has 5 rings (SSSR count). The Balaban J connectivity index is 1.26. The molecule has 1 fully saturated rings. The topological polar surface area (TPSA) is 128 Å². The number of benzene rings is 2. The van der Waals surface area contributed by atoms with Crippen LogP contribution in [0.1, 0.15) is 60.3 Å². The Morgan fingerprint density at radius 2 is 2.05 bits per heavy atom. The van der Waals surface area contributed by atoms with Crippen LogP contribution in [0.2, 0.25) is 0 Å². The largest absolute Gasteiger partial charge is 0.487 e. The van der Waals surface area contributed by atoms with E-state index in [1.165, 1.54) is 10.9 Å². The van der Waals surface area contributed by atoms with Gasteiger partial charge in [-0.1, -0.05) is 51.5 Å². The van der Waals surface area contributed by atoms with Gasteiger partial charge in [-0.05, 0) is 56.4 Å². The van der Waals surface area contributed by atoms with E-state index in [-0.39, 0.29) is 42.9 Å². The van der Waals surface area contributed by atoms with Crippen LogP contribution in [-0.4, -0.2) is 62.9 Å². The van der Waals surface area contributed by atoms with Gasteiger partial charge in [0, 0.05) is 29.0 Å². The third-order valence-corrected chi connectivity index (χ3v) is 8.02. The van der Waals surface area contributed by atoms with E-state index >= 15 is 0 Å². The van der Waals surface area contributed by atoms with Gasteiger partial charge in [0.1, 0.15) is 17.9 Å². The van der Waals surface area contributed by atoms with Crippen LogP contribution in [0.5, 0.6) is 5.75 Å². The van der Waals surface area contributed by atoms with Crippen molar-refractivity contribution in [1.82, 2.24) is 25.6 Å². The van der Waals surface area contributed by atoms with E-state index in [2.05, 4.69) is 42.9 Å². The van der Waals surface area contributed by atoms with E-state index in [0.29, 0.717) is 6.42 Å². The number of hydrogen-bond acceptors (Lipinski definition) is 8. The predicted octanol–water partition coefficient (Wildman–Crippen LogP) is 3.34. The van der Waals surface area contributed by atoms with Crippen molar-refractivity contribution >= 4 is 27.8 Å². The van der Waals surface area contributed by atoms with Gasteiger partial charge in [-0.15, -0.1) is 5.10 Å². The highest BCUT2D eigenvalue weighted by Crippen LogP contribution is 2.49. The second-order valence-electron chi connectivity index (χ2n) is 10.4. The van der Waals surface area contributed by atoms with Gasteiger partial charge in [0.05, 0.1) is 24.9 Å². The Bertz CT molecular complexity index is 1330. The predicted molar refractivity (Wildman–Crippen MR) is 151 cm³/mol. The third kappa shape index (κ3) is 6.71. The number of aliphatic hydroxyl groups is 1. The summed E-state index contributed by atoms with van der Waals surface area (Å²) < 4.78 is 13.6. The van der Waals surface area contributed by atoms with E-state index < -0.39 is 18.1 Å². The SMILES string of the molecule is CCOC(=O)c1cn(CC(=O)N[C@@H](Cc2ccccc2)[C@@H](O)CN[C@H]2CC3(CCC3)Oc3ccc(Br)cc32)nn1. The standard InChI is InChI=1S/C29H34BrN5O5/c1-2-39-28(38)24-17-35(34-33-24)18-27(37)32-22(13-19-7-4-3-5-8-19)25(36)16-31-23-15-29(11-6-12-29)40-26-10-9-20(30)14-21(23)26/h3-5,7-10,14,17,22-23,25,31,36H,2,6,11-13,15-16,18H2,1H3,(H,32,37)/t22-,23-,25-/m0/s1. The molecule has 212 valence electrons. The smallest absolute Gasteiger partial charge is 0.360 e. The zero-order valence-electron chi connectivity index (χ0n) is 22.4. The number of rotatable bonds is 11. The molecule has 3 N–H and O–H groups in total. The second kappa shape index (κ2) is 12.5. The maximum absolute atomic E-state index is 13.0. The number of amides is 1. The van der Waals surface area contributed by atoms with Gasteiger partial charge in [0.25, 0.3) is 0 Å². The number of ether oxygens (including phenoxy) is 2. The van der Waals surface area contributed by atoms with Crippen molar-refractivity contribution in [2.24, 2.45) is 0 Å². The molecule has 10 nitrogen and oxygen atoms in total. The summed E-state index contributed by atoms with van der Waals surface area (Å²) in [5, 5.41) is 25.5. The van der Waals surface area contributed by atoms with Crippen LogP contribution in [0.15, 0.2) is 59.2 Å². The number of halogens is 1. The molecule has 1 amide bonds. The van der Waals surface area contributed by atoms with Crippen LogP contribution >= 0.6 is 15.9 Å². The van der Waals surface area contributed by atoms with E-state index in [4.69, 9.17) is 9.47 Å². The maximum atomic E-state index is 13.0. The Morgan fingerprint density at radius 3 is 2.77 bits per heavy atom. The van der Waals surface area contributed by atoms with Gasteiger partial charge >= 0.3 is 5.97 Å². The van der Waals surface area contributed by atoms with Crippen molar-refractivity contribution < 1.29 is 24.2 Å². The van der Waals surface area contributed by atoms with Gasteiger partial charge in [0.15, 0.2) is 5.69 Å². The van der Waals surface area contributed by atoms with Crippen molar-refractivity contribution in [2.45, 2.75) is 69.4 Å². The van der Waals surface area contributed by atoms with Gasteiger partial charge in [-0.25, -0.2) is 9.48 Å². The number of nitrogens with one attached hydrogen (secondary N) is 2. The highest BCUT2D eigenvalue weighted by molar-refractivity contribution is 9.10. The molecule has 1 spiro atoms. The van der Waals surface area contributed by atoms with E-state index in [1.54, 1.807) is 6.92 Å². The minimum absolute atomic E-state index is 0.0146. The minimum atomic E-state index is -0.870. The molecule has 2 heterocycles. The first-order valence-electron chi connectivity index (χ1n) is 13.6. The Labute approximate surface area is 241 Å². The fourth-order valence-electron chi connectivity index (χ4n) is 5.33. The quantitative estimate of drug-likeness (QED) is 0.282. The van der Waals surface area contributed by atoms with Gasteiger partial charge in [-0.3, -0.25) is 4.79 Å². The number of nitrogens with zero attached hydrogens (tertiary/aromatic N) is 3. The molecule has 2 aliphatic rings. The van der Waals surface area contributed by atoms with E-state index in [0.717, 1.165) is 47.0 Å². The van der Waals surface area contributed by atoms with Crippen LogP contribution in [0.4, 0.5) is 0 Å². The van der Waals surface area contributed by atoms with Crippen molar-refractivity contribution in [2.75, 3.05) is 13.2 Å². The van der Waals surface area contributed by atoms with Crippen LogP contribution < -0.4 is 15.4 Å². The summed E-state index contributed by atoms with van der Waals surface area (Å²) in [4.78, 5) is 24.9. The van der Waals surface area contributed by atoms with Crippen LogP contribution in [0.3, 0.4) is 0 Å². The monoisotopic (exact) mass is 611 g/mol. The summed E-state index contributed by atoms with van der Waals surface area (Å²) in [6, 6.07) is 15.2. The zero-order valence-corrected chi connectivity index (χ0v) is 24.0. The summed E-state index contributed by atoms with van der Waals surface area (Å²) in [5.74, 6) is -0.0673. The summed E-state index contributed by atoms with van der Waals surface area (Å²) in [6.07, 6.45) is 4.98. The summed E-state index contributed by atoms with van der Waals surface area (Å²) in [5.41, 5.74) is 1.94. The Kier molecular flexibility index (Phi) is 8.82. The van der Waals surface area contributed by atoms with Gasteiger partial charge < -0.3 is 25.2 Å². The number of carbonyl (C=O) groups is 2. The van der Waals surface area contributed by atoms with E-state index in [9.17, 15) is 14.7 Å².